The van der Waals surface area contributed by atoms with Gasteiger partial charge in [-0.1, -0.05) is 31.2 Å². The van der Waals surface area contributed by atoms with E-state index < -0.39 is 17.2 Å². The Hall–Kier alpha value is -2.78. The molecular formula is C23H28O8. The molecule has 0 heterocycles. The molecular weight excluding hydrogens is 404 g/mol. The van der Waals surface area contributed by atoms with Crippen LogP contribution >= 0.6 is 0 Å². The maximum Gasteiger partial charge on any atom is 0.310 e. The quantitative estimate of drug-likeness (QED) is 0.238. The molecule has 8 nitrogen and oxygen atoms in total. The van der Waals surface area contributed by atoms with Gasteiger partial charge in [-0.25, -0.2) is 9.78 Å². The summed E-state index contributed by atoms with van der Waals surface area (Å²) in [7, 11) is 0. The lowest BCUT2D eigenvalue weighted by atomic mass is 9.83. The fourth-order valence-electron chi connectivity index (χ4n) is 3.08. The predicted molar refractivity (Wildman–Crippen MR) is 111 cm³/mol. The zero-order valence-electron chi connectivity index (χ0n) is 18.1. The predicted octanol–water partition coefficient (Wildman–Crippen LogP) is 4.82. The first kappa shape index (κ1) is 24.5. The topological polar surface area (TPSA) is 112 Å². The number of rotatable bonds is 10. The van der Waals surface area contributed by atoms with Crippen molar-refractivity contribution in [2.45, 2.75) is 58.2 Å². The Morgan fingerprint density at radius 3 is 1.48 bits per heavy atom. The summed E-state index contributed by atoms with van der Waals surface area (Å²) < 4.78 is 10.2. The van der Waals surface area contributed by atoms with Crippen LogP contribution in [-0.4, -0.2) is 22.5 Å². The summed E-state index contributed by atoms with van der Waals surface area (Å²) >= 11 is 0. The molecule has 31 heavy (non-hydrogen) atoms. The van der Waals surface area contributed by atoms with Crippen LogP contribution in [0.4, 0.5) is 0 Å². The second-order valence-corrected chi connectivity index (χ2v) is 7.61. The van der Waals surface area contributed by atoms with Crippen LogP contribution in [0.3, 0.4) is 0 Å². The Balaban J connectivity index is 2.15. The number of benzene rings is 2. The molecule has 2 atom stereocenters. The van der Waals surface area contributed by atoms with Crippen LogP contribution in [0.1, 0.15) is 58.1 Å². The van der Waals surface area contributed by atoms with Crippen molar-refractivity contribution in [3.8, 4) is 11.5 Å². The first-order valence-corrected chi connectivity index (χ1v) is 9.91. The van der Waals surface area contributed by atoms with E-state index in [1.807, 2.05) is 0 Å². The van der Waals surface area contributed by atoms with Gasteiger partial charge in [-0.15, -0.1) is 0 Å². The molecule has 2 aromatic rings. The molecule has 0 spiro atoms. The average Bonchev–Trinajstić information content (AvgIpc) is 2.77. The molecule has 0 amide bonds. The molecule has 0 radical (unpaired) electrons. The van der Waals surface area contributed by atoms with Gasteiger partial charge in [0, 0.05) is 13.3 Å². The van der Waals surface area contributed by atoms with Crippen molar-refractivity contribution in [1.82, 2.24) is 0 Å². The number of hydrogen-bond donors (Lipinski definition) is 2. The van der Waals surface area contributed by atoms with Crippen LogP contribution in [-0.2, 0) is 30.6 Å². The minimum absolute atomic E-state index is 0.265. The van der Waals surface area contributed by atoms with Crippen molar-refractivity contribution >= 4 is 11.9 Å². The van der Waals surface area contributed by atoms with Gasteiger partial charge in [0.15, 0.2) is 0 Å². The summed E-state index contributed by atoms with van der Waals surface area (Å²) in [6.07, 6.45) is 0.821. The molecule has 8 heteroatoms. The molecule has 0 aliphatic carbocycles. The Labute approximate surface area is 181 Å². The van der Waals surface area contributed by atoms with Crippen LogP contribution in [0.25, 0.3) is 0 Å². The van der Waals surface area contributed by atoms with E-state index in [2.05, 4.69) is 0 Å². The zero-order valence-corrected chi connectivity index (χ0v) is 18.1. The second-order valence-electron chi connectivity index (χ2n) is 7.61. The summed E-state index contributed by atoms with van der Waals surface area (Å²) in [6, 6.07) is 13.2. The van der Waals surface area contributed by atoms with Crippen molar-refractivity contribution in [3.05, 3.63) is 59.7 Å². The van der Waals surface area contributed by atoms with E-state index in [-0.39, 0.29) is 25.2 Å². The molecule has 0 saturated carbocycles. The SMILES string of the molecule is CCC(=O)Oc1ccc(C(C)(CCC(C)(OO)c2ccc(OC(C)=O)cc2)OO)cc1. The number of ether oxygens (including phenoxy) is 2. The Kier molecular flexibility index (Phi) is 8.29. The van der Waals surface area contributed by atoms with E-state index in [1.165, 1.54) is 6.92 Å². The summed E-state index contributed by atoms with van der Waals surface area (Å²) in [5.41, 5.74) is -0.916. The smallest absolute Gasteiger partial charge is 0.310 e. The maximum atomic E-state index is 11.4. The third kappa shape index (κ3) is 6.35. The molecule has 0 bridgehead atoms. The number of hydrogen-bond acceptors (Lipinski definition) is 8. The van der Waals surface area contributed by atoms with E-state index in [4.69, 9.17) is 19.2 Å². The Morgan fingerprint density at radius 1 is 0.774 bits per heavy atom. The molecule has 0 aliphatic rings. The molecule has 0 aliphatic heterocycles. The van der Waals surface area contributed by atoms with Gasteiger partial charge in [-0.2, -0.15) is 0 Å². The number of carbonyl (C=O) groups is 2. The highest BCUT2D eigenvalue weighted by molar-refractivity contribution is 5.71. The van der Waals surface area contributed by atoms with Crippen molar-refractivity contribution in [1.29, 1.82) is 0 Å². The zero-order chi connectivity index (χ0) is 23.1. The Bertz CT molecular complexity index is 877. The lowest BCUT2D eigenvalue weighted by molar-refractivity contribution is -0.344. The van der Waals surface area contributed by atoms with Crippen LogP contribution in [0, 0.1) is 0 Å². The van der Waals surface area contributed by atoms with Crippen molar-refractivity contribution in [2.75, 3.05) is 0 Å². The second kappa shape index (κ2) is 10.5. The molecule has 0 aromatic heterocycles. The van der Waals surface area contributed by atoms with Crippen molar-refractivity contribution in [2.24, 2.45) is 0 Å². The molecule has 0 fully saturated rings. The van der Waals surface area contributed by atoms with Gasteiger partial charge in [0.2, 0.25) is 0 Å². The van der Waals surface area contributed by atoms with Gasteiger partial charge < -0.3 is 9.47 Å². The lowest BCUT2D eigenvalue weighted by Crippen LogP contribution is -2.31. The third-order valence-corrected chi connectivity index (χ3v) is 5.19. The minimum atomic E-state index is -1.11. The first-order chi connectivity index (χ1) is 14.7. The van der Waals surface area contributed by atoms with Crippen molar-refractivity contribution in [3.63, 3.8) is 0 Å². The first-order valence-electron chi connectivity index (χ1n) is 9.91. The van der Waals surface area contributed by atoms with E-state index in [0.717, 1.165) is 0 Å². The standard InChI is InChI=1S/C23H28O8/c1-5-21(25)29-20-12-8-18(9-13-20)23(4,31-27)15-14-22(3,30-26)17-6-10-19(11-7-17)28-16(2)24/h6-13,26-27H,5,14-15H2,1-4H3. The number of carbonyl (C=O) groups excluding carboxylic acids is 2. The van der Waals surface area contributed by atoms with Gasteiger partial charge in [-0.3, -0.25) is 20.1 Å². The fourth-order valence-corrected chi connectivity index (χ4v) is 3.08. The van der Waals surface area contributed by atoms with E-state index in [9.17, 15) is 20.1 Å². The van der Waals surface area contributed by atoms with Gasteiger partial charge in [0.25, 0.3) is 0 Å². The summed E-state index contributed by atoms with van der Waals surface area (Å²) in [6.45, 7) is 6.41. The molecule has 0 saturated heterocycles. The van der Waals surface area contributed by atoms with Gasteiger partial charge in [0.05, 0.1) is 0 Å². The molecule has 168 valence electrons. The van der Waals surface area contributed by atoms with Crippen LogP contribution < -0.4 is 9.47 Å². The fraction of sp³-hybridized carbons (Fsp3) is 0.391. The summed E-state index contributed by atoms with van der Waals surface area (Å²) in [4.78, 5) is 32.1. The monoisotopic (exact) mass is 432 g/mol. The summed E-state index contributed by atoms with van der Waals surface area (Å²) in [5, 5.41) is 19.2. The normalized spacial score (nSPS) is 14.9. The van der Waals surface area contributed by atoms with Gasteiger partial charge in [0.1, 0.15) is 22.7 Å². The van der Waals surface area contributed by atoms with Crippen LogP contribution in [0.15, 0.2) is 48.5 Å². The Morgan fingerprint density at radius 2 is 1.16 bits per heavy atom. The molecule has 2 aromatic carbocycles. The summed E-state index contributed by atoms with van der Waals surface area (Å²) in [5.74, 6) is 0.000912. The highest BCUT2D eigenvalue weighted by Gasteiger charge is 2.35. The minimum Gasteiger partial charge on any atom is -0.427 e. The average molecular weight is 432 g/mol. The van der Waals surface area contributed by atoms with E-state index in [1.54, 1.807) is 69.3 Å². The third-order valence-electron chi connectivity index (χ3n) is 5.19. The van der Waals surface area contributed by atoms with Crippen LogP contribution in [0.5, 0.6) is 11.5 Å². The lowest BCUT2D eigenvalue weighted by Gasteiger charge is -2.32. The number of esters is 2. The van der Waals surface area contributed by atoms with Gasteiger partial charge in [-0.05, 0) is 62.1 Å². The largest absolute Gasteiger partial charge is 0.427 e. The highest BCUT2D eigenvalue weighted by Crippen LogP contribution is 2.38. The molecule has 2 N–H and O–H groups in total. The highest BCUT2D eigenvalue weighted by atomic mass is 17.1. The van der Waals surface area contributed by atoms with Crippen LogP contribution in [0.2, 0.25) is 0 Å². The molecule has 2 unspecified atom stereocenters. The molecule has 2 rings (SSSR count). The maximum absolute atomic E-state index is 11.4. The van der Waals surface area contributed by atoms with Crippen molar-refractivity contribution < 1.29 is 39.4 Å². The van der Waals surface area contributed by atoms with E-state index >= 15 is 0 Å². The van der Waals surface area contributed by atoms with Gasteiger partial charge >= 0.3 is 11.9 Å². The van der Waals surface area contributed by atoms with E-state index in [0.29, 0.717) is 22.6 Å².